The van der Waals surface area contributed by atoms with Crippen LogP contribution in [0, 0.1) is 5.92 Å². The number of likely N-dealkylation sites (N-methyl/N-ethyl adjacent to an activating group) is 1. The lowest BCUT2D eigenvalue weighted by Crippen LogP contribution is -2.49. The first-order valence-electron chi connectivity index (χ1n) is 7.38. The summed E-state index contributed by atoms with van der Waals surface area (Å²) in [6.07, 6.45) is 3.16. The molecule has 0 aliphatic rings. The second kappa shape index (κ2) is 9.08. The largest absolute Gasteiger partial charge is 0.550 e. The Kier molecular flexibility index (Phi) is 8.65. The van der Waals surface area contributed by atoms with Gasteiger partial charge in [-0.25, -0.2) is 0 Å². The highest BCUT2D eigenvalue weighted by Gasteiger charge is 2.27. The van der Waals surface area contributed by atoms with Crippen LogP contribution < -0.4 is 5.11 Å². The molecule has 118 valence electrons. The van der Waals surface area contributed by atoms with Gasteiger partial charge in [-0.15, -0.1) is 0 Å². The number of rotatable bonds is 11. The molecule has 0 amide bonds. The van der Waals surface area contributed by atoms with Gasteiger partial charge in [0.15, 0.2) is 0 Å². The van der Waals surface area contributed by atoms with Crippen LogP contribution >= 0.6 is 0 Å². The maximum Gasteiger partial charge on any atom is 0.133 e. The Bertz CT molecular complexity index is 309. The average Bonchev–Trinajstić information content (AvgIpc) is 2.29. The molecule has 0 saturated heterocycles. The van der Waals surface area contributed by atoms with E-state index in [0.717, 1.165) is 25.7 Å². The third-order valence-corrected chi connectivity index (χ3v) is 3.26. The standard InChI is InChI=1S/C15H29NO4/c1-5-6-7-8-9-12(17)10-13(15(19)20)14(18)11-16(2,3)4/h13-14,18H,5-11H2,1-4H3. The smallest absolute Gasteiger partial charge is 0.133 e. The highest BCUT2D eigenvalue weighted by atomic mass is 16.4. The summed E-state index contributed by atoms with van der Waals surface area (Å²) in [5.74, 6) is -2.55. The van der Waals surface area contributed by atoms with E-state index >= 15 is 0 Å². The van der Waals surface area contributed by atoms with E-state index in [-0.39, 0.29) is 18.7 Å². The predicted octanol–water partition coefficient (Wildman–Crippen LogP) is 0.349. The van der Waals surface area contributed by atoms with Gasteiger partial charge in [0.1, 0.15) is 18.4 Å². The van der Waals surface area contributed by atoms with Crippen LogP contribution in [0.15, 0.2) is 0 Å². The molecule has 0 aromatic heterocycles. The summed E-state index contributed by atoms with van der Waals surface area (Å²) < 4.78 is 0.440. The molecule has 2 unspecified atom stereocenters. The molecule has 0 aromatic rings. The highest BCUT2D eigenvalue weighted by molar-refractivity contribution is 5.83. The molecular weight excluding hydrogens is 258 g/mol. The first-order chi connectivity index (χ1) is 9.17. The second-order valence-electron chi connectivity index (χ2n) is 6.52. The number of carboxylic acid groups (broad SMARTS) is 1. The van der Waals surface area contributed by atoms with Crippen LogP contribution in [0.1, 0.15) is 45.4 Å². The number of carboxylic acids is 1. The molecule has 0 heterocycles. The SMILES string of the molecule is CCCCCCC(=O)CC(C(=O)[O-])C(O)C[N+](C)(C)C. The molecule has 5 heteroatoms. The Morgan fingerprint density at radius 3 is 2.20 bits per heavy atom. The first kappa shape index (κ1) is 19.1. The summed E-state index contributed by atoms with van der Waals surface area (Å²) in [6.45, 7) is 2.37. The van der Waals surface area contributed by atoms with Crippen molar-refractivity contribution in [2.45, 2.75) is 51.6 Å². The van der Waals surface area contributed by atoms with E-state index in [0.29, 0.717) is 10.9 Å². The normalized spacial score (nSPS) is 14.8. The van der Waals surface area contributed by atoms with Crippen LogP contribution in [0.25, 0.3) is 0 Å². The van der Waals surface area contributed by atoms with Crippen molar-refractivity contribution >= 4 is 11.8 Å². The zero-order valence-electron chi connectivity index (χ0n) is 13.2. The molecular formula is C15H29NO4. The van der Waals surface area contributed by atoms with Crippen LogP contribution in [0.2, 0.25) is 0 Å². The monoisotopic (exact) mass is 287 g/mol. The van der Waals surface area contributed by atoms with E-state index in [1.54, 1.807) is 0 Å². The van der Waals surface area contributed by atoms with Crippen molar-refractivity contribution < 1.29 is 24.3 Å². The van der Waals surface area contributed by atoms with Crippen LogP contribution in [0.4, 0.5) is 0 Å². The van der Waals surface area contributed by atoms with Crippen molar-refractivity contribution in [3.8, 4) is 0 Å². The third kappa shape index (κ3) is 9.04. The fraction of sp³-hybridized carbons (Fsp3) is 0.867. The van der Waals surface area contributed by atoms with E-state index in [9.17, 15) is 19.8 Å². The van der Waals surface area contributed by atoms with Gasteiger partial charge < -0.3 is 19.5 Å². The van der Waals surface area contributed by atoms with Gasteiger partial charge in [0.25, 0.3) is 0 Å². The van der Waals surface area contributed by atoms with Crippen LogP contribution in [0.3, 0.4) is 0 Å². The predicted molar refractivity (Wildman–Crippen MR) is 75.8 cm³/mol. The summed E-state index contributed by atoms with van der Waals surface area (Å²) in [4.78, 5) is 22.9. The number of aliphatic carboxylic acids is 1. The molecule has 0 bridgehead atoms. The summed E-state index contributed by atoms with van der Waals surface area (Å²) in [5.41, 5.74) is 0. The van der Waals surface area contributed by atoms with Crippen LogP contribution in [-0.4, -0.2) is 55.1 Å². The molecule has 0 rings (SSSR count). The lowest BCUT2D eigenvalue weighted by Gasteiger charge is -2.31. The summed E-state index contributed by atoms with van der Waals surface area (Å²) >= 11 is 0. The molecule has 1 N–H and O–H groups in total. The Hall–Kier alpha value is -0.940. The van der Waals surface area contributed by atoms with E-state index in [1.807, 2.05) is 21.1 Å². The number of quaternary nitrogens is 1. The van der Waals surface area contributed by atoms with E-state index in [2.05, 4.69) is 6.92 Å². The molecule has 0 radical (unpaired) electrons. The van der Waals surface area contributed by atoms with E-state index in [4.69, 9.17) is 0 Å². The molecule has 0 aliphatic heterocycles. The minimum atomic E-state index is -1.34. The number of carbonyl (C=O) groups is 2. The van der Waals surface area contributed by atoms with Crippen molar-refractivity contribution in [2.24, 2.45) is 5.92 Å². The number of unbranched alkanes of at least 4 members (excludes halogenated alkanes) is 3. The Morgan fingerprint density at radius 2 is 1.75 bits per heavy atom. The van der Waals surface area contributed by atoms with E-state index in [1.165, 1.54) is 0 Å². The third-order valence-electron chi connectivity index (χ3n) is 3.26. The maximum atomic E-state index is 11.8. The molecule has 0 fully saturated rings. The fourth-order valence-corrected chi connectivity index (χ4v) is 2.16. The van der Waals surface area contributed by atoms with Crippen molar-refractivity contribution in [2.75, 3.05) is 27.7 Å². The Morgan fingerprint density at radius 1 is 1.15 bits per heavy atom. The number of aliphatic hydroxyl groups is 1. The Labute approximate surface area is 122 Å². The Balaban J connectivity index is 4.33. The minimum Gasteiger partial charge on any atom is -0.550 e. The summed E-state index contributed by atoms with van der Waals surface area (Å²) in [7, 11) is 5.59. The molecule has 0 spiro atoms. The molecule has 2 atom stereocenters. The molecule has 0 aromatic carbocycles. The van der Waals surface area contributed by atoms with Crippen LogP contribution in [0.5, 0.6) is 0 Å². The second-order valence-corrected chi connectivity index (χ2v) is 6.52. The summed E-state index contributed by atoms with van der Waals surface area (Å²) in [6, 6.07) is 0. The number of carbonyl (C=O) groups excluding carboxylic acids is 2. The van der Waals surface area contributed by atoms with Crippen molar-refractivity contribution in [1.82, 2.24) is 0 Å². The van der Waals surface area contributed by atoms with Crippen molar-refractivity contribution in [3.05, 3.63) is 0 Å². The topological polar surface area (TPSA) is 77.4 Å². The average molecular weight is 287 g/mol. The minimum absolute atomic E-state index is 0.101. The number of hydrogen-bond acceptors (Lipinski definition) is 4. The number of ketones is 1. The van der Waals surface area contributed by atoms with Gasteiger partial charge >= 0.3 is 0 Å². The number of nitrogens with zero attached hydrogens (tertiary/aromatic N) is 1. The highest BCUT2D eigenvalue weighted by Crippen LogP contribution is 2.15. The number of Topliss-reactive ketones (excluding diaryl/α,β-unsaturated/α-hetero) is 1. The quantitative estimate of drug-likeness (QED) is 0.439. The van der Waals surface area contributed by atoms with Gasteiger partial charge in [0.05, 0.1) is 21.1 Å². The zero-order chi connectivity index (χ0) is 15.8. The van der Waals surface area contributed by atoms with Crippen LogP contribution in [-0.2, 0) is 9.59 Å². The zero-order valence-corrected chi connectivity index (χ0v) is 13.2. The molecule has 20 heavy (non-hydrogen) atoms. The first-order valence-corrected chi connectivity index (χ1v) is 7.38. The molecule has 0 saturated carbocycles. The van der Waals surface area contributed by atoms with Gasteiger partial charge in [-0.3, -0.25) is 4.79 Å². The van der Waals surface area contributed by atoms with Gasteiger partial charge in [-0.2, -0.15) is 0 Å². The van der Waals surface area contributed by atoms with Gasteiger partial charge in [-0.05, 0) is 6.42 Å². The van der Waals surface area contributed by atoms with Gasteiger partial charge in [-0.1, -0.05) is 26.2 Å². The lowest BCUT2D eigenvalue weighted by molar-refractivity contribution is -0.874. The fourth-order valence-electron chi connectivity index (χ4n) is 2.16. The number of aliphatic hydroxyl groups excluding tert-OH is 1. The number of hydrogen-bond donors (Lipinski definition) is 1. The van der Waals surface area contributed by atoms with Gasteiger partial charge in [0.2, 0.25) is 0 Å². The van der Waals surface area contributed by atoms with Gasteiger partial charge in [0, 0.05) is 24.7 Å². The molecule has 0 aliphatic carbocycles. The maximum absolute atomic E-state index is 11.8. The van der Waals surface area contributed by atoms with Crippen molar-refractivity contribution in [3.63, 3.8) is 0 Å². The van der Waals surface area contributed by atoms with Crippen molar-refractivity contribution in [1.29, 1.82) is 0 Å². The summed E-state index contributed by atoms with van der Waals surface area (Å²) in [5, 5.41) is 21.1. The van der Waals surface area contributed by atoms with E-state index < -0.39 is 18.0 Å². The molecule has 5 nitrogen and oxygen atoms in total. The lowest BCUT2D eigenvalue weighted by atomic mass is 9.93.